The van der Waals surface area contributed by atoms with Crippen molar-refractivity contribution < 1.29 is 0 Å². The molecule has 2 rings (SSSR count). The SMILES string of the molecule is Cc1cccc2nc(C(C)(C)N)nn12. The van der Waals surface area contributed by atoms with E-state index in [1.54, 1.807) is 0 Å². The van der Waals surface area contributed by atoms with Crippen molar-refractivity contribution in [1.82, 2.24) is 14.6 Å². The van der Waals surface area contributed by atoms with Gasteiger partial charge in [0, 0.05) is 5.69 Å². The summed E-state index contributed by atoms with van der Waals surface area (Å²) in [5, 5.41) is 4.36. The third-order valence-electron chi connectivity index (χ3n) is 2.13. The van der Waals surface area contributed by atoms with E-state index in [0.717, 1.165) is 11.3 Å². The smallest absolute Gasteiger partial charge is 0.170 e. The van der Waals surface area contributed by atoms with Gasteiger partial charge in [-0.1, -0.05) is 6.07 Å². The van der Waals surface area contributed by atoms with Crippen molar-refractivity contribution in [3.63, 3.8) is 0 Å². The van der Waals surface area contributed by atoms with Crippen molar-refractivity contribution >= 4 is 5.65 Å². The number of pyridine rings is 1. The minimum absolute atomic E-state index is 0.488. The third-order valence-corrected chi connectivity index (χ3v) is 2.13. The molecule has 0 aromatic carbocycles. The van der Waals surface area contributed by atoms with Crippen LogP contribution in [0.5, 0.6) is 0 Å². The molecular formula is C10H14N4. The maximum atomic E-state index is 5.93. The van der Waals surface area contributed by atoms with E-state index in [4.69, 9.17) is 5.73 Å². The summed E-state index contributed by atoms with van der Waals surface area (Å²) in [7, 11) is 0. The fourth-order valence-corrected chi connectivity index (χ4v) is 1.31. The summed E-state index contributed by atoms with van der Waals surface area (Å²) < 4.78 is 1.81. The first-order valence-electron chi connectivity index (χ1n) is 4.60. The van der Waals surface area contributed by atoms with Crippen molar-refractivity contribution in [2.45, 2.75) is 26.3 Å². The molecule has 4 nitrogen and oxygen atoms in total. The van der Waals surface area contributed by atoms with Crippen LogP contribution >= 0.6 is 0 Å². The Labute approximate surface area is 82.8 Å². The predicted molar refractivity (Wildman–Crippen MR) is 54.9 cm³/mol. The molecule has 0 aliphatic rings. The van der Waals surface area contributed by atoms with Crippen LogP contribution in [0.4, 0.5) is 0 Å². The lowest BCUT2D eigenvalue weighted by Gasteiger charge is -2.12. The molecule has 0 saturated heterocycles. The molecule has 0 aliphatic carbocycles. The largest absolute Gasteiger partial charge is 0.319 e. The minimum atomic E-state index is -0.488. The Morgan fingerprint density at radius 3 is 2.64 bits per heavy atom. The highest BCUT2D eigenvalue weighted by molar-refractivity contribution is 5.39. The molecule has 0 saturated carbocycles. The molecular weight excluding hydrogens is 176 g/mol. The zero-order valence-corrected chi connectivity index (χ0v) is 8.65. The van der Waals surface area contributed by atoms with Crippen LogP contribution in [0.2, 0.25) is 0 Å². The summed E-state index contributed by atoms with van der Waals surface area (Å²) in [5.74, 6) is 0.673. The molecule has 0 fully saturated rings. The van der Waals surface area contributed by atoms with Crippen LogP contribution in [0.25, 0.3) is 5.65 Å². The zero-order valence-electron chi connectivity index (χ0n) is 8.65. The normalized spacial score (nSPS) is 12.3. The molecule has 2 N–H and O–H groups in total. The number of rotatable bonds is 1. The minimum Gasteiger partial charge on any atom is -0.319 e. The van der Waals surface area contributed by atoms with Gasteiger partial charge in [-0.25, -0.2) is 9.50 Å². The second kappa shape index (κ2) is 2.78. The molecule has 0 amide bonds. The highest BCUT2D eigenvalue weighted by Crippen LogP contribution is 2.14. The van der Waals surface area contributed by atoms with Crippen LogP contribution in [0.3, 0.4) is 0 Å². The monoisotopic (exact) mass is 190 g/mol. The number of nitrogens with two attached hydrogens (primary N) is 1. The Balaban J connectivity index is 2.69. The molecule has 2 aromatic heterocycles. The average Bonchev–Trinajstić information content (AvgIpc) is 2.48. The van der Waals surface area contributed by atoms with Gasteiger partial charge in [-0.2, -0.15) is 0 Å². The Morgan fingerprint density at radius 2 is 2.07 bits per heavy atom. The lowest BCUT2D eigenvalue weighted by molar-refractivity contribution is 0.513. The fourth-order valence-electron chi connectivity index (χ4n) is 1.31. The first-order chi connectivity index (χ1) is 6.48. The molecule has 4 heteroatoms. The molecule has 0 unspecified atom stereocenters. The van der Waals surface area contributed by atoms with Crippen LogP contribution < -0.4 is 5.73 Å². The standard InChI is InChI=1S/C10H14N4/c1-7-5-4-6-8-12-9(10(2,3)11)13-14(7)8/h4-6H,11H2,1-3H3. The number of fused-ring (bicyclic) bond motifs is 1. The topological polar surface area (TPSA) is 56.2 Å². The van der Waals surface area contributed by atoms with Gasteiger partial charge in [0.05, 0.1) is 5.54 Å². The summed E-state index contributed by atoms with van der Waals surface area (Å²) in [6, 6.07) is 5.89. The van der Waals surface area contributed by atoms with Crippen LogP contribution in [0.15, 0.2) is 18.2 Å². The van der Waals surface area contributed by atoms with Crippen LogP contribution in [-0.4, -0.2) is 14.6 Å². The number of hydrogen-bond acceptors (Lipinski definition) is 3. The van der Waals surface area contributed by atoms with Gasteiger partial charge >= 0.3 is 0 Å². The van der Waals surface area contributed by atoms with Crippen molar-refractivity contribution in [3.05, 3.63) is 29.7 Å². The molecule has 74 valence electrons. The maximum absolute atomic E-state index is 5.93. The van der Waals surface area contributed by atoms with E-state index < -0.39 is 5.54 Å². The van der Waals surface area contributed by atoms with E-state index in [2.05, 4.69) is 10.1 Å². The first kappa shape index (κ1) is 9.15. The summed E-state index contributed by atoms with van der Waals surface area (Å²) in [6.07, 6.45) is 0. The van der Waals surface area contributed by atoms with Crippen LogP contribution in [0.1, 0.15) is 25.4 Å². The molecule has 0 aliphatic heterocycles. The fraction of sp³-hybridized carbons (Fsp3) is 0.400. The van der Waals surface area contributed by atoms with Crippen molar-refractivity contribution in [2.24, 2.45) is 5.73 Å². The number of nitrogens with zero attached hydrogens (tertiary/aromatic N) is 3. The number of aromatic nitrogens is 3. The molecule has 0 radical (unpaired) electrons. The Bertz CT molecular complexity index is 464. The van der Waals surface area contributed by atoms with Gasteiger partial charge in [0.2, 0.25) is 0 Å². The summed E-state index contributed by atoms with van der Waals surface area (Å²) in [4.78, 5) is 4.37. The summed E-state index contributed by atoms with van der Waals surface area (Å²) in [5.41, 5.74) is 7.35. The second-order valence-corrected chi connectivity index (χ2v) is 4.09. The van der Waals surface area contributed by atoms with Crippen LogP contribution in [0, 0.1) is 6.92 Å². The van der Waals surface area contributed by atoms with E-state index in [1.807, 2.05) is 43.5 Å². The summed E-state index contributed by atoms with van der Waals surface area (Å²) >= 11 is 0. The molecule has 2 aromatic rings. The number of hydrogen-bond donors (Lipinski definition) is 1. The van der Waals surface area contributed by atoms with Gasteiger partial charge in [0.25, 0.3) is 0 Å². The molecule has 0 atom stereocenters. The van der Waals surface area contributed by atoms with E-state index in [0.29, 0.717) is 5.82 Å². The highest BCUT2D eigenvalue weighted by atomic mass is 15.3. The molecule has 0 spiro atoms. The zero-order chi connectivity index (χ0) is 10.3. The van der Waals surface area contributed by atoms with Crippen molar-refractivity contribution in [3.8, 4) is 0 Å². The van der Waals surface area contributed by atoms with Gasteiger partial charge in [0.1, 0.15) is 0 Å². The van der Waals surface area contributed by atoms with E-state index in [1.165, 1.54) is 0 Å². The van der Waals surface area contributed by atoms with Crippen molar-refractivity contribution in [2.75, 3.05) is 0 Å². The predicted octanol–water partition coefficient (Wildman–Crippen LogP) is 1.23. The average molecular weight is 190 g/mol. The molecule has 0 bridgehead atoms. The molecule has 14 heavy (non-hydrogen) atoms. The lowest BCUT2D eigenvalue weighted by Crippen LogP contribution is -2.30. The second-order valence-electron chi connectivity index (χ2n) is 4.09. The van der Waals surface area contributed by atoms with Crippen molar-refractivity contribution in [1.29, 1.82) is 0 Å². The lowest BCUT2D eigenvalue weighted by atomic mass is 10.1. The molecule has 2 heterocycles. The Hall–Kier alpha value is -1.42. The Kier molecular flexibility index (Phi) is 1.82. The van der Waals surface area contributed by atoms with E-state index >= 15 is 0 Å². The van der Waals surface area contributed by atoms with E-state index in [-0.39, 0.29) is 0 Å². The Morgan fingerprint density at radius 1 is 1.36 bits per heavy atom. The maximum Gasteiger partial charge on any atom is 0.170 e. The summed E-state index contributed by atoms with van der Waals surface area (Å²) in [6.45, 7) is 5.79. The van der Waals surface area contributed by atoms with Crippen LogP contribution in [-0.2, 0) is 5.54 Å². The van der Waals surface area contributed by atoms with Gasteiger partial charge in [-0.3, -0.25) is 0 Å². The van der Waals surface area contributed by atoms with Gasteiger partial charge in [-0.05, 0) is 32.9 Å². The van der Waals surface area contributed by atoms with E-state index in [9.17, 15) is 0 Å². The van der Waals surface area contributed by atoms with Gasteiger partial charge < -0.3 is 5.73 Å². The third kappa shape index (κ3) is 1.37. The first-order valence-corrected chi connectivity index (χ1v) is 4.60. The van der Waals surface area contributed by atoms with Gasteiger partial charge in [0.15, 0.2) is 11.5 Å². The highest BCUT2D eigenvalue weighted by Gasteiger charge is 2.20. The number of aryl methyl sites for hydroxylation is 1. The quantitative estimate of drug-likeness (QED) is 0.735. The van der Waals surface area contributed by atoms with Gasteiger partial charge in [-0.15, -0.1) is 5.10 Å².